The first-order valence-electron chi connectivity index (χ1n) is 11.7. The highest BCUT2D eigenvalue weighted by Gasteiger charge is 2.55. The summed E-state index contributed by atoms with van der Waals surface area (Å²) in [6, 6.07) is 13.2. The van der Waals surface area contributed by atoms with Crippen molar-refractivity contribution in [2.45, 2.75) is 49.3 Å². The summed E-state index contributed by atoms with van der Waals surface area (Å²) in [7, 11) is 0. The number of nitrogens with zero attached hydrogens (tertiary/aromatic N) is 1. The second-order valence-corrected chi connectivity index (χ2v) is 9.83. The van der Waals surface area contributed by atoms with E-state index in [1.54, 1.807) is 0 Å². The molecule has 8 nitrogen and oxygen atoms in total. The van der Waals surface area contributed by atoms with E-state index in [0.29, 0.717) is 38.0 Å². The Bertz CT molecular complexity index is 1270. The molecular formula is C26H25ClFN3O5. The molecule has 10 heteroatoms. The smallest absolute Gasteiger partial charge is 0.273 e. The number of rotatable bonds is 7. The Hall–Kier alpha value is -3.43. The van der Waals surface area contributed by atoms with E-state index in [9.17, 15) is 19.1 Å². The number of hydrogen-bond donors (Lipinski definition) is 3. The molecule has 0 aliphatic heterocycles. The van der Waals surface area contributed by atoms with Crippen LogP contribution in [0.5, 0.6) is 5.75 Å². The average molecular weight is 514 g/mol. The standard InChI is InChI=1S/C26H25ClFN3O5/c27-18-7-6-17(12-19(18)28)35-15-22(33)30-26-10-8-25(9-11-26,13-21(26)32)31-23(34)20-14-36-24(29-20)16-4-2-1-3-5-16/h1-7,12,14,21,32H,8-11,13,15H2,(H,30,33)(H,31,34). The number of aromatic nitrogens is 1. The molecule has 3 aliphatic carbocycles. The van der Waals surface area contributed by atoms with Gasteiger partial charge in [0.25, 0.3) is 11.8 Å². The SMILES string of the molecule is O=C(COc1ccc(Cl)c(F)c1)NC12CCC(NC(=O)c3coc(-c4ccccc4)n3)(CC1)CC2O. The molecular weight excluding hydrogens is 489 g/mol. The van der Waals surface area contributed by atoms with Crippen molar-refractivity contribution in [3.05, 3.63) is 71.3 Å². The number of fused-ring (bicyclic) bond motifs is 3. The van der Waals surface area contributed by atoms with E-state index in [0.717, 1.165) is 11.6 Å². The number of hydrogen-bond acceptors (Lipinski definition) is 6. The van der Waals surface area contributed by atoms with Gasteiger partial charge in [0.2, 0.25) is 5.89 Å². The predicted octanol–water partition coefficient (Wildman–Crippen LogP) is 3.88. The molecule has 3 aliphatic rings. The molecule has 3 N–H and O–H groups in total. The Morgan fingerprint density at radius 2 is 1.89 bits per heavy atom. The minimum atomic E-state index is -0.852. The van der Waals surface area contributed by atoms with Crippen LogP contribution in [0.15, 0.2) is 59.2 Å². The van der Waals surface area contributed by atoms with Gasteiger partial charge >= 0.3 is 0 Å². The lowest BCUT2D eigenvalue weighted by molar-refractivity contribution is -0.132. The van der Waals surface area contributed by atoms with E-state index in [4.69, 9.17) is 20.8 Å². The lowest BCUT2D eigenvalue weighted by Crippen LogP contribution is -2.70. The zero-order valence-corrected chi connectivity index (χ0v) is 20.1. The Labute approximate surface area is 211 Å². The van der Waals surface area contributed by atoms with Gasteiger partial charge in [0.05, 0.1) is 16.7 Å². The summed E-state index contributed by atoms with van der Waals surface area (Å²) in [6.07, 6.45) is 2.92. The minimum absolute atomic E-state index is 0.0333. The van der Waals surface area contributed by atoms with E-state index in [1.807, 2.05) is 30.3 Å². The first-order chi connectivity index (χ1) is 17.3. The van der Waals surface area contributed by atoms with E-state index in [2.05, 4.69) is 15.6 Å². The maximum absolute atomic E-state index is 13.6. The number of aliphatic hydroxyl groups excluding tert-OH is 1. The van der Waals surface area contributed by atoms with E-state index in [-0.39, 0.29) is 29.0 Å². The second-order valence-electron chi connectivity index (χ2n) is 9.43. The zero-order chi connectivity index (χ0) is 25.3. The van der Waals surface area contributed by atoms with Crippen LogP contribution in [0.4, 0.5) is 4.39 Å². The largest absolute Gasteiger partial charge is 0.484 e. The number of aliphatic hydroxyl groups is 1. The Kier molecular flexibility index (Phi) is 6.44. The van der Waals surface area contributed by atoms with Crippen LogP contribution in [0.1, 0.15) is 42.6 Å². The van der Waals surface area contributed by atoms with Gasteiger partial charge < -0.3 is 24.9 Å². The number of ether oxygens (including phenoxy) is 1. The number of benzene rings is 2. The van der Waals surface area contributed by atoms with Gasteiger partial charge in [0.1, 0.15) is 17.8 Å². The summed E-state index contributed by atoms with van der Waals surface area (Å²) in [5.41, 5.74) is -0.450. The second kappa shape index (κ2) is 9.55. The number of oxazole rings is 1. The fourth-order valence-electron chi connectivity index (χ4n) is 5.09. The molecule has 0 spiro atoms. The Morgan fingerprint density at radius 3 is 2.58 bits per heavy atom. The first-order valence-corrected chi connectivity index (χ1v) is 12.1. The third-order valence-corrected chi connectivity index (χ3v) is 7.41. The summed E-state index contributed by atoms with van der Waals surface area (Å²) < 4.78 is 24.4. The van der Waals surface area contributed by atoms with Crippen LogP contribution in [0.25, 0.3) is 11.5 Å². The fourth-order valence-corrected chi connectivity index (χ4v) is 5.20. The minimum Gasteiger partial charge on any atom is -0.484 e. The third kappa shape index (κ3) is 4.81. The highest BCUT2D eigenvalue weighted by atomic mass is 35.5. The lowest BCUT2D eigenvalue weighted by atomic mass is 9.60. The molecule has 1 heterocycles. The van der Waals surface area contributed by atoms with Crippen molar-refractivity contribution < 1.29 is 28.2 Å². The van der Waals surface area contributed by atoms with Crippen LogP contribution in [-0.2, 0) is 4.79 Å². The zero-order valence-electron chi connectivity index (χ0n) is 19.3. The van der Waals surface area contributed by atoms with E-state index >= 15 is 0 Å². The highest BCUT2D eigenvalue weighted by molar-refractivity contribution is 6.30. The first kappa shape index (κ1) is 24.3. The number of halogens is 2. The molecule has 1 aromatic heterocycles. The van der Waals surface area contributed by atoms with Crippen molar-refractivity contribution >= 4 is 23.4 Å². The molecule has 6 rings (SSSR count). The number of carbonyl (C=O) groups is 2. The molecule has 188 valence electrons. The predicted molar refractivity (Wildman–Crippen MR) is 129 cm³/mol. The van der Waals surface area contributed by atoms with Gasteiger partial charge in [-0.25, -0.2) is 9.37 Å². The summed E-state index contributed by atoms with van der Waals surface area (Å²) >= 11 is 5.66. The van der Waals surface area contributed by atoms with Crippen molar-refractivity contribution in [2.24, 2.45) is 0 Å². The molecule has 3 aromatic rings. The molecule has 1 unspecified atom stereocenters. The maximum atomic E-state index is 13.6. The van der Waals surface area contributed by atoms with Crippen LogP contribution >= 0.6 is 11.6 Å². The number of carbonyl (C=O) groups excluding carboxylic acids is 2. The Morgan fingerprint density at radius 1 is 1.14 bits per heavy atom. The van der Waals surface area contributed by atoms with Crippen LogP contribution < -0.4 is 15.4 Å². The molecule has 3 fully saturated rings. The summed E-state index contributed by atoms with van der Waals surface area (Å²) in [5, 5.41) is 16.9. The van der Waals surface area contributed by atoms with Crippen LogP contribution in [0.3, 0.4) is 0 Å². The lowest BCUT2D eigenvalue weighted by Gasteiger charge is -2.56. The van der Waals surface area contributed by atoms with Gasteiger partial charge in [0.15, 0.2) is 12.3 Å². The van der Waals surface area contributed by atoms with Gasteiger partial charge in [0, 0.05) is 17.2 Å². The molecule has 36 heavy (non-hydrogen) atoms. The molecule has 1 atom stereocenters. The third-order valence-electron chi connectivity index (χ3n) is 7.11. The highest BCUT2D eigenvalue weighted by Crippen LogP contribution is 2.47. The van der Waals surface area contributed by atoms with Crippen molar-refractivity contribution in [1.29, 1.82) is 0 Å². The molecule has 2 amide bonds. The average Bonchev–Trinajstić information content (AvgIpc) is 3.37. The Balaban J connectivity index is 1.18. The summed E-state index contributed by atoms with van der Waals surface area (Å²) in [5.74, 6) is -0.879. The molecule has 0 radical (unpaired) electrons. The normalized spacial score (nSPS) is 24.8. The number of amides is 2. The quantitative estimate of drug-likeness (QED) is 0.442. The van der Waals surface area contributed by atoms with Gasteiger partial charge in [-0.1, -0.05) is 29.8 Å². The van der Waals surface area contributed by atoms with Crippen molar-refractivity contribution in [1.82, 2.24) is 15.6 Å². The van der Waals surface area contributed by atoms with Crippen molar-refractivity contribution in [2.75, 3.05) is 6.61 Å². The fraction of sp³-hybridized carbons (Fsp3) is 0.346. The number of nitrogens with one attached hydrogen (secondary N) is 2. The monoisotopic (exact) mass is 513 g/mol. The summed E-state index contributed by atoms with van der Waals surface area (Å²) in [4.78, 5) is 29.8. The van der Waals surface area contributed by atoms with E-state index < -0.39 is 28.9 Å². The topological polar surface area (TPSA) is 114 Å². The van der Waals surface area contributed by atoms with Gasteiger partial charge in [-0.3, -0.25) is 9.59 Å². The van der Waals surface area contributed by atoms with Gasteiger partial charge in [-0.05, 0) is 56.4 Å². The maximum Gasteiger partial charge on any atom is 0.273 e. The van der Waals surface area contributed by atoms with Crippen molar-refractivity contribution in [3.8, 4) is 17.2 Å². The van der Waals surface area contributed by atoms with Crippen LogP contribution in [0.2, 0.25) is 5.02 Å². The summed E-state index contributed by atoms with van der Waals surface area (Å²) in [6.45, 7) is -0.326. The van der Waals surface area contributed by atoms with Gasteiger partial charge in [-0.2, -0.15) is 0 Å². The van der Waals surface area contributed by atoms with Crippen molar-refractivity contribution in [3.63, 3.8) is 0 Å². The van der Waals surface area contributed by atoms with Crippen LogP contribution in [0, 0.1) is 5.82 Å². The molecule has 3 saturated carbocycles. The van der Waals surface area contributed by atoms with E-state index in [1.165, 1.54) is 18.4 Å². The molecule has 0 saturated heterocycles. The van der Waals surface area contributed by atoms with Crippen LogP contribution in [-0.4, -0.2) is 45.7 Å². The van der Waals surface area contributed by atoms with Gasteiger partial charge in [-0.15, -0.1) is 0 Å². The molecule has 2 bridgehead atoms. The molecule has 2 aromatic carbocycles.